The number of fused-ring (bicyclic) bond motifs is 1. The molecule has 2 aromatic rings. The van der Waals surface area contributed by atoms with Gasteiger partial charge in [-0.3, -0.25) is 9.59 Å². The Morgan fingerprint density at radius 3 is 3.20 bits per heavy atom. The smallest absolute Gasteiger partial charge is 0.303 e. The molecule has 0 bridgehead atoms. The molecule has 0 fully saturated rings. The molecule has 0 atom stereocenters. The van der Waals surface area contributed by atoms with Crippen LogP contribution in [0.15, 0.2) is 16.4 Å². The first-order valence-corrected chi connectivity index (χ1v) is 5.00. The van der Waals surface area contributed by atoms with Gasteiger partial charge in [-0.05, 0) is 0 Å². The Bertz CT molecular complexity index is 560. The van der Waals surface area contributed by atoms with Crippen molar-refractivity contribution in [3.05, 3.63) is 27.6 Å². The molecule has 2 heterocycles. The number of nitrogens with zero attached hydrogens (tertiary/aromatic N) is 3. The summed E-state index contributed by atoms with van der Waals surface area (Å²) in [6.45, 7) is 1.32. The summed E-state index contributed by atoms with van der Waals surface area (Å²) in [4.78, 5) is 26.6. The van der Waals surface area contributed by atoms with E-state index < -0.39 is 5.97 Å². The summed E-state index contributed by atoms with van der Waals surface area (Å²) < 4.78 is 5.94. The minimum absolute atomic E-state index is 0.0129. The lowest BCUT2D eigenvalue weighted by Gasteiger charge is -2.00. The topological polar surface area (TPSA) is 73.6 Å². The van der Waals surface area contributed by atoms with Crippen molar-refractivity contribution in [2.24, 2.45) is 0 Å². The Labute approximate surface area is 88.1 Å². The van der Waals surface area contributed by atoms with Crippen LogP contribution in [0.5, 0.6) is 0 Å². The molecule has 0 saturated heterocycles. The van der Waals surface area contributed by atoms with E-state index in [1.165, 1.54) is 34.4 Å². The molecular formula is C8H7N3O3S. The van der Waals surface area contributed by atoms with Gasteiger partial charge in [-0.25, -0.2) is 4.98 Å². The molecule has 0 saturated carbocycles. The van der Waals surface area contributed by atoms with E-state index in [-0.39, 0.29) is 12.2 Å². The number of hydrogen-bond donors (Lipinski definition) is 0. The van der Waals surface area contributed by atoms with E-state index in [1.807, 2.05) is 0 Å². The van der Waals surface area contributed by atoms with E-state index in [0.717, 1.165) is 0 Å². The fourth-order valence-electron chi connectivity index (χ4n) is 1.05. The maximum atomic E-state index is 11.4. The number of ether oxygens (including phenoxy) is 1. The summed E-state index contributed by atoms with van der Waals surface area (Å²) in [7, 11) is 0. The summed E-state index contributed by atoms with van der Waals surface area (Å²) in [6.07, 6.45) is 0. The molecule has 0 aliphatic heterocycles. The molecule has 78 valence electrons. The Balaban J connectivity index is 2.36. The SMILES string of the molecule is CC(=O)OCc1cc(=O)n2ncsc2n1. The molecule has 0 spiro atoms. The molecule has 0 amide bonds. The van der Waals surface area contributed by atoms with E-state index in [9.17, 15) is 9.59 Å². The van der Waals surface area contributed by atoms with Crippen LogP contribution >= 0.6 is 11.3 Å². The van der Waals surface area contributed by atoms with Crippen LogP contribution in [-0.4, -0.2) is 20.6 Å². The maximum absolute atomic E-state index is 11.4. The van der Waals surface area contributed by atoms with Crippen LogP contribution in [0.1, 0.15) is 12.6 Å². The van der Waals surface area contributed by atoms with Crippen molar-refractivity contribution in [3.8, 4) is 0 Å². The highest BCUT2D eigenvalue weighted by molar-refractivity contribution is 7.14. The number of carbonyl (C=O) groups is 1. The molecule has 2 rings (SSSR count). The van der Waals surface area contributed by atoms with Gasteiger partial charge in [0.25, 0.3) is 5.56 Å². The lowest BCUT2D eigenvalue weighted by atomic mass is 10.4. The van der Waals surface area contributed by atoms with E-state index >= 15 is 0 Å². The molecule has 0 unspecified atom stereocenters. The van der Waals surface area contributed by atoms with Crippen LogP contribution in [-0.2, 0) is 16.1 Å². The van der Waals surface area contributed by atoms with Gasteiger partial charge in [-0.2, -0.15) is 9.61 Å². The van der Waals surface area contributed by atoms with Gasteiger partial charge in [-0.1, -0.05) is 11.3 Å². The highest BCUT2D eigenvalue weighted by Gasteiger charge is 2.05. The van der Waals surface area contributed by atoms with Crippen molar-refractivity contribution in [2.45, 2.75) is 13.5 Å². The van der Waals surface area contributed by atoms with Gasteiger partial charge in [0, 0.05) is 13.0 Å². The molecule has 0 aliphatic carbocycles. The highest BCUT2D eigenvalue weighted by Crippen LogP contribution is 2.04. The first-order valence-electron chi connectivity index (χ1n) is 4.12. The predicted octanol–water partition coefficient (Wildman–Crippen LogP) is 0.214. The van der Waals surface area contributed by atoms with E-state index in [0.29, 0.717) is 10.7 Å². The van der Waals surface area contributed by atoms with Crippen molar-refractivity contribution in [1.82, 2.24) is 14.6 Å². The minimum Gasteiger partial charge on any atom is -0.459 e. The molecule has 6 nitrogen and oxygen atoms in total. The summed E-state index contributed by atoms with van der Waals surface area (Å²) in [6, 6.07) is 1.30. The fourth-order valence-corrected chi connectivity index (χ4v) is 1.69. The second-order valence-corrected chi connectivity index (χ2v) is 3.61. The first kappa shape index (κ1) is 9.78. The van der Waals surface area contributed by atoms with E-state index in [4.69, 9.17) is 4.74 Å². The van der Waals surface area contributed by atoms with Gasteiger partial charge < -0.3 is 4.74 Å². The van der Waals surface area contributed by atoms with Crippen LogP contribution in [0.3, 0.4) is 0 Å². The monoisotopic (exact) mass is 225 g/mol. The Morgan fingerprint density at radius 2 is 2.47 bits per heavy atom. The Kier molecular flexibility index (Phi) is 2.46. The van der Waals surface area contributed by atoms with Crippen molar-refractivity contribution in [3.63, 3.8) is 0 Å². The second-order valence-electron chi connectivity index (χ2n) is 2.80. The van der Waals surface area contributed by atoms with Gasteiger partial charge in [0.05, 0.1) is 5.69 Å². The zero-order valence-corrected chi connectivity index (χ0v) is 8.65. The van der Waals surface area contributed by atoms with E-state index in [2.05, 4.69) is 10.1 Å². The minimum atomic E-state index is -0.402. The number of carbonyl (C=O) groups excluding carboxylic acids is 1. The summed E-state index contributed by atoms with van der Waals surface area (Å²) in [5, 5.41) is 3.81. The number of aromatic nitrogens is 3. The Morgan fingerprint density at radius 1 is 1.67 bits per heavy atom. The fraction of sp³-hybridized carbons (Fsp3) is 0.250. The normalized spacial score (nSPS) is 10.5. The van der Waals surface area contributed by atoms with Crippen molar-refractivity contribution in [1.29, 1.82) is 0 Å². The second kappa shape index (κ2) is 3.77. The lowest BCUT2D eigenvalue weighted by molar-refractivity contribution is -0.142. The summed E-state index contributed by atoms with van der Waals surface area (Å²) >= 11 is 1.25. The third-order valence-corrected chi connectivity index (χ3v) is 2.34. The number of hydrogen-bond acceptors (Lipinski definition) is 6. The van der Waals surface area contributed by atoms with Gasteiger partial charge in [0.2, 0.25) is 4.96 Å². The molecular weight excluding hydrogens is 218 g/mol. The molecule has 15 heavy (non-hydrogen) atoms. The zero-order chi connectivity index (χ0) is 10.8. The molecule has 0 radical (unpaired) electrons. The van der Waals surface area contributed by atoms with Crippen molar-refractivity contribution >= 4 is 22.3 Å². The third-order valence-electron chi connectivity index (χ3n) is 1.66. The van der Waals surface area contributed by atoms with Crippen molar-refractivity contribution < 1.29 is 9.53 Å². The Hall–Kier alpha value is -1.76. The molecule has 7 heteroatoms. The predicted molar refractivity (Wildman–Crippen MR) is 52.6 cm³/mol. The lowest BCUT2D eigenvalue weighted by Crippen LogP contribution is -2.15. The van der Waals surface area contributed by atoms with Crippen LogP contribution in [0, 0.1) is 0 Å². The highest BCUT2D eigenvalue weighted by atomic mass is 32.1. The summed E-state index contributed by atoms with van der Waals surface area (Å²) in [5.74, 6) is -0.402. The molecule has 2 aromatic heterocycles. The van der Waals surface area contributed by atoms with Crippen LogP contribution in [0.4, 0.5) is 0 Å². The maximum Gasteiger partial charge on any atom is 0.303 e. The van der Waals surface area contributed by atoms with E-state index in [1.54, 1.807) is 0 Å². The summed E-state index contributed by atoms with van der Waals surface area (Å²) in [5.41, 5.74) is 1.68. The van der Waals surface area contributed by atoms with Crippen LogP contribution < -0.4 is 5.56 Å². The van der Waals surface area contributed by atoms with Gasteiger partial charge >= 0.3 is 5.97 Å². The average molecular weight is 225 g/mol. The average Bonchev–Trinajstić information content (AvgIpc) is 2.63. The standard InChI is InChI=1S/C8H7N3O3S/c1-5(12)14-3-6-2-7(13)11-8(10-6)15-4-9-11/h2,4H,3H2,1H3. The van der Waals surface area contributed by atoms with Gasteiger partial charge in [0.15, 0.2) is 0 Å². The van der Waals surface area contributed by atoms with Gasteiger partial charge in [0.1, 0.15) is 12.1 Å². The molecule has 0 aliphatic rings. The third kappa shape index (κ3) is 2.01. The number of esters is 1. The quantitative estimate of drug-likeness (QED) is 0.683. The first-order chi connectivity index (χ1) is 7.16. The molecule has 0 aromatic carbocycles. The number of rotatable bonds is 2. The molecule has 0 N–H and O–H groups in total. The van der Waals surface area contributed by atoms with Crippen LogP contribution in [0.2, 0.25) is 0 Å². The largest absolute Gasteiger partial charge is 0.459 e. The zero-order valence-electron chi connectivity index (χ0n) is 7.84. The van der Waals surface area contributed by atoms with Crippen LogP contribution in [0.25, 0.3) is 4.96 Å². The van der Waals surface area contributed by atoms with Crippen molar-refractivity contribution in [2.75, 3.05) is 0 Å². The van der Waals surface area contributed by atoms with Gasteiger partial charge in [-0.15, -0.1) is 0 Å².